The van der Waals surface area contributed by atoms with Crippen LogP contribution in [-0.4, -0.2) is 36.1 Å². The number of rotatable bonds is 4. The molecule has 100 valence electrons. The number of carbonyl (C=O) groups is 1. The van der Waals surface area contributed by atoms with Gasteiger partial charge >= 0.3 is 5.97 Å². The van der Waals surface area contributed by atoms with Gasteiger partial charge in [-0.2, -0.15) is 0 Å². The van der Waals surface area contributed by atoms with Crippen molar-refractivity contribution in [3.63, 3.8) is 0 Å². The van der Waals surface area contributed by atoms with Crippen LogP contribution in [0.15, 0.2) is 0 Å². The molecule has 2 heterocycles. The van der Waals surface area contributed by atoms with Gasteiger partial charge in [-0.1, -0.05) is 13.8 Å². The normalized spacial score (nSPS) is 15.8. The predicted molar refractivity (Wildman–Crippen MR) is 71.7 cm³/mol. The highest BCUT2D eigenvalue weighted by Gasteiger charge is 2.21. The molecule has 0 aliphatic carbocycles. The largest absolute Gasteiger partial charge is 0.469 e. The standard InChI is InChI=1S/C13H20N2O2S/c1-9(2)7-15-5-4-10-11(8-15)18-12(14-10)6-13(16)17-3/h9H,4-8H2,1-3H3. The minimum absolute atomic E-state index is 0.208. The van der Waals surface area contributed by atoms with E-state index in [2.05, 4.69) is 28.5 Å². The molecule has 0 radical (unpaired) electrons. The second-order valence-electron chi connectivity index (χ2n) is 5.11. The summed E-state index contributed by atoms with van der Waals surface area (Å²) in [5.74, 6) is 0.481. The van der Waals surface area contributed by atoms with Crippen molar-refractivity contribution in [1.82, 2.24) is 9.88 Å². The van der Waals surface area contributed by atoms with Crippen molar-refractivity contribution in [3.05, 3.63) is 15.6 Å². The van der Waals surface area contributed by atoms with Crippen LogP contribution in [0.5, 0.6) is 0 Å². The molecule has 1 aliphatic rings. The molecule has 1 aromatic rings. The van der Waals surface area contributed by atoms with E-state index in [-0.39, 0.29) is 5.97 Å². The maximum atomic E-state index is 11.2. The van der Waals surface area contributed by atoms with Crippen molar-refractivity contribution >= 4 is 17.3 Å². The van der Waals surface area contributed by atoms with Crippen molar-refractivity contribution in [2.45, 2.75) is 33.2 Å². The van der Waals surface area contributed by atoms with Gasteiger partial charge in [0.15, 0.2) is 0 Å². The molecule has 0 fully saturated rings. The van der Waals surface area contributed by atoms with Crippen LogP contribution in [0.3, 0.4) is 0 Å². The van der Waals surface area contributed by atoms with Gasteiger partial charge in [0.2, 0.25) is 0 Å². The number of carbonyl (C=O) groups excluding carboxylic acids is 1. The summed E-state index contributed by atoms with van der Waals surface area (Å²) >= 11 is 1.66. The van der Waals surface area contributed by atoms with E-state index in [1.165, 1.54) is 17.7 Å². The molecule has 18 heavy (non-hydrogen) atoms. The molecule has 2 rings (SSSR count). The third-order valence-electron chi connectivity index (χ3n) is 3.00. The van der Waals surface area contributed by atoms with Gasteiger partial charge in [0, 0.05) is 30.9 Å². The number of fused-ring (bicyclic) bond motifs is 1. The molecule has 4 nitrogen and oxygen atoms in total. The van der Waals surface area contributed by atoms with Crippen LogP contribution >= 0.6 is 11.3 Å². The lowest BCUT2D eigenvalue weighted by Gasteiger charge is -2.27. The summed E-state index contributed by atoms with van der Waals surface area (Å²) in [7, 11) is 1.42. The van der Waals surface area contributed by atoms with E-state index in [9.17, 15) is 4.79 Å². The Morgan fingerprint density at radius 2 is 2.33 bits per heavy atom. The first-order valence-electron chi connectivity index (χ1n) is 6.35. The number of methoxy groups -OCH3 is 1. The molecular weight excluding hydrogens is 248 g/mol. The van der Waals surface area contributed by atoms with Crippen LogP contribution in [0.2, 0.25) is 0 Å². The highest BCUT2D eigenvalue weighted by Crippen LogP contribution is 2.26. The van der Waals surface area contributed by atoms with Crippen molar-refractivity contribution in [1.29, 1.82) is 0 Å². The molecule has 0 atom stereocenters. The average Bonchev–Trinajstić information content (AvgIpc) is 2.69. The maximum absolute atomic E-state index is 11.2. The van der Waals surface area contributed by atoms with Gasteiger partial charge in [0.05, 0.1) is 19.2 Å². The van der Waals surface area contributed by atoms with Gasteiger partial charge in [0.1, 0.15) is 5.01 Å². The highest BCUT2D eigenvalue weighted by atomic mass is 32.1. The van der Waals surface area contributed by atoms with Crippen molar-refractivity contribution in [2.75, 3.05) is 20.2 Å². The number of hydrogen-bond acceptors (Lipinski definition) is 5. The van der Waals surface area contributed by atoms with Crippen molar-refractivity contribution < 1.29 is 9.53 Å². The minimum atomic E-state index is -0.208. The number of esters is 1. The summed E-state index contributed by atoms with van der Waals surface area (Å²) in [5, 5.41) is 0.887. The third kappa shape index (κ3) is 3.29. The fraction of sp³-hybridized carbons (Fsp3) is 0.692. The Kier molecular flexibility index (Phi) is 4.35. The lowest BCUT2D eigenvalue weighted by molar-refractivity contribution is -0.139. The molecule has 0 saturated heterocycles. The summed E-state index contributed by atoms with van der Waals surface area (Å²) in [6.07, 6.45) is 1.30. The second kappa shape index (κ2) is 5.80. The van der Waals surface area contributed by atoms with Crippen LogP contribution in [0.25, 0.3) is 0 Å². The van der Waals surface area contributed by atoms with Crippen LogP contribution in [0.1, 0.15) is 29.4 Å². The molecular formula is C13H20N2O2S. The zero-order valence-corrected chi connectivity index (χ0v) is 12.0. The van der Waals surface area contributed by atoms with Crippen LogP contribution in [0.4, 0.5) is 0 Å². The van der Waals surface area contributed by atoms with Crippen LogP contribution < -0.4 is 0 Å². The van der Waals surface area contributed by atoms with E-state index in [1.54, 1.807) is 11.3 Å². The Hall–Kier alpha value is -0.940. The Morgan fingerprint density at radius 1 is 1.56 bits per heavy atom. The molecule has 0 spiro atoms. The molecule has 0 aromatic carbocycles. The number of nitrogens with zero attached hydrogens (tertiary/aromatic N) is 2. The molecule has 1 aliphatic heterocycles. The van der Waals surface area contributed by atoms with Gasteiger partial charge < -0.3 is 4.74 Å². The number of hydrogen-bond donors (Lipinski definition) is 0. The monoisotopic (exact) mass is 268 g/mol. The van der Waals surface area contributed by atoms with Gasteiger partial charge in [-0.15, -0.1) is 11.3 Å². The van der Waals surface area contributed by atoms with E-state index in [1.807, 2.05) is 0 Å². The predicted octanol–water partition coefficient (Wildman–Crippen LogP) is 1.87. The minimum Gasteiger partial charge on any atom is -0.469 e. The smallest absolute Gasteiger partial charge is 0.312 e. The van der Waals surface area contributed by atoms with E-state index in [0.29, 0.717) is 12.3 Å². The summed E-state index contributed by atoms with van der Waals surface area (Å²) in [6, 6.07) is 0. The zero-order chi connectivity index (χ0) is 13.1. The molecule has 0 bridgehead atoms. The van der Waals surface area contributed by atoms with Crippen LogP contribution in [0, 0.1) is 5.92 Å². The van der Waals surface area contributed by atoms with E-state index in [4.69, 9.17) is 0 Å². The molecule has 0 N–H and O–H groups in total. The summed E-state index contributed by atoms with van der Waals surface area (Å²) in [5.41, 5.74) is 1.18. The molecule has 0 saturated carbocycles. The molecule has 0 amide bonds. The molecule has 1 aromatic heterocycles. The van der Waals surface area contributed by atoms with Crippen LogP contribution in [-0.2, 0) is 28.9 Å². The Labute approximate surface area is 112 Å². The van der Waals surface area contributed by atoms with E-state index >= 15 is 0 Å². The number of aromatic nitrogens is 1. The third-order valence-corrected chi connectivity index (χ3v) is 4.08. The summed E-state index contributed by atoms with van der Waals surface area (Å²) in [4.78, 5) is 19.6. The molecule has 5 heteroatoms. The first-order chi connectivity index (χ1) is 8.58. The maximum Gasteiger partial charge on any atom is 0.312 e. The van der Waals surface area contributed by atoms with Gasteiger partial charge in [0.25, 0.3) is 0 Å². The lowest BCUT2D eigenvalue weighted by Crippen LogP contribution is -2.32. The first kappa shape index (κ1) is 13.5. The fourth-order valence-corrected chi connectivity index (χ4v) is 3.39. The quantitative estimate of drug-likeness (QED) is 0.782. The number of ether oxygens (including phenoxy) is 1. The number of thiazole rings is 1. The topological polar surface area (TPSA) is 42.4 Å². The Morgan fingerprint density at radius 3 is 3.00 bits per heavy atom. The first-order valence-corrected chi connectivity index (χ1v) is 7.16. The van der Waals surface area contributed by atoms with Gasteiger partial charge in [-0.05, 0) is 5.92 Å². The Bertz CT molecular complexity index is 429. The van der Waals surface area contributed by atoms with Gasteiger partial charge in [-0.3, -0.25) is 9.69 Å². The average molecular weight is 268 g/mol. The van der Waals surface area contributed by atoms with Crippen molar-refractivity contribution in [3.8, 4) is 0 Å². The van der Waals surface area contributed by atoms with Crippen molar-refractivity contribution in [2.24, 2.45) is 5.92 Å². The van der Waals surface area contributed by atoms with E-state index in [0.717, 1.165) is 31.1 Å². The summed E-state index contributed by atoms with van der Waals surface area (Å²) in [6.45, 7) is 7.67. The zero-order valence-electron chi connectivity index (χ0n) is 11.2. The highest BCUT2D eigenvalue weighted by molar-refractivity contribution is 7.11. The van der Waals surface area contributed by atoms with Gasteiger partial charge in [-0.25, -0.2) is 4.98 Å². The fourth-order valence-electron chi connectivity index (χ4n) is 2.25. The summed E-state index contributed by atoms with van der Waals surface area (Å²) < 4.78 is 4.68. The molecule has 0 unspecified atom stereocenters. The van der Waals surface area contributed by atoms with E-state index < -0.39 is 0 Å². The lowest BCUT2D eigenvalue weighted by atomic mass is 10.1. The second-order valence-corrected chi connectivity index (χ2v) is 6.28. The Balaban J connectivity index is 2.02. The SMILES string of the molecule is COC(=O)Cc1nc2c(s1)CN(CC(C)C)CC2.